The number of aryl methyl sites for hydroxylation is 1. The van der Waals surface area contributed by atoms with Crippen molar-refractivity contribution in [3.8, 4) is 11.5 Å². The minimum Gasteiger partial charge on any atom is -0.457 e. The number of carbonyl (C=O) groups is 1. The van der Waals surface area contributed by atoms with Crippen molar-refractivity contribution in [3.05, 3.63) is 77.5 Å². The Bertz CT molecular complexity index is 1060. The zero-order chi connectivity index (χ0) is 22.7. The molecule has 0 aliphatic carbocycles. The van der Waals surface area contributed by atoms with E-state index in [-0.39, 0.29) is 11.7 Å². The molecule has 2 aromatic carbocycles. The summed E-state index contributed by atoms with van der Waals surface area (Å²) in [4.78, 5) is 16.7. The van der Waals surface area contributed by atoms with Gasteiger partial charge in [-0.2, -0.15) is 18.3 Å². The van der Waals surface area contributed by atoms with Gasteiger partial charge in [0, 0.05) is 31.7 Å². The van der Waals surface area contributed by atoms with Crippen LogP contribution in [0.5, 0.6) is 11.5 Å². The average molecular weight is 442 g/mol. The van der Waals surface area contributed by atoms with Gasteiger partial charge < -0.3 is 14.5 Å². The number of halogens is 3. The number of anilines is 1. The summed E-state index contributed by atoms with van der Waals surface area (Å²) in [6.45, 7) is 4.35. The number of amides is 1. The van der Waals surface area contributed by atoms with Crippen molar-refractivity contribution in [3.63, 3.8) is 0 Å². The first-order chi connectivity index (χ1) is 15.3. The number of piperazine rings is 1. The van der Waals surface area contributed by atoms with Crippen LogP contribution in [0.3, 0.4) is 0 Å². The molecule has 3 aromatic rings. The molecular weight excluding hydrogens is 421 g/mol. The Morgan fingerprint density at radius 2 is 1.44 bits per heavy atom. The van der Waals surface area contributed by atoms with Crippen LogP contribution in [0, 0.1) is 6.92 Å². The first kappa shape index (κ1) is 21.6. The number of nitrogens with zero attached hydrogens (tertiary/aromatic N) is 4. The van der Waals surface area contributed by atoms with E-state index in [0.29, 0.717) is 37.5 Å². The number of hydrogen-bond acceptors (Lipinski definition) is 5. The van der Waals surface area contributed by atoms with Gasteiger partial charge in [-0.05, 0) is 67.6 Å². The fraction of sp³-hybridized carbons (Fsp3) is 0.261. The monoisotopic (exact) mass is 442 g/mol. The Morgan fingerprint density at radius 3 is 1.97 bits per heavy atom. The highest BCUT2D eigenvalue weighted by Gasteiger charge is 2.30. The van der Waals surface area contributed by atoms with E-state index in [0.717, 1.165) is 23.6 Å². The molecule has 1 saturated heterocycles. The van der Waals surface area contributed by atoms with Crippen molar-refractivity contribution in [1.29, 1.82) is 0 Å². The third-order valence-electron chi connectivity index (χ3n) is 5.19. The highest BCUT2D eigenvalue weighted by atomic mass is 19.4. The molecule has 0 spiro atoms. The van der Waals surface area contributed by atoms with Crippen molar-refractivity contribution in [1.82, 2.24) is 15.1 Å². The van der Waals surface area contributed by atoms with Crippen LogP contribution >= 0.6 is 0 Å². The first-order valence-electron chi connectivity index (χ1n) is 10.1. The van der Waals surface area contributed by atoms with Crippen LogP contribution in [0.15, 0.2) is 60.7 Å². The van der Waals surface area contributed by atoms with E-state index in [1.807, 2.05) is 19.1 Å². The Labute approximate surface area is 183 Å². The highest BCUT2D eigenvalue weighted by molar-refractivity contribution is 5.94. The lowest BCUT2D eigenvalue weighted by Gasteiger charge is -2.35. The molecule has 0 bridgehead atoms. The smallest absolute Gasteiger partial charge is 0.416 e. The zero-order valence-electron chi connectivity index (χ0n) is 17.3. The van der Waals surface area contributed by atoms with Gasteiger partial charge in [0.25, 0.3) is 5.91 Å². The van der Waals surface area contributed by atoms with Crippen LogP contribution in [-0.2, 0) is 6.18 Å². The van der Waals surface area contributed by atoms with E-state index < -0.39 is 11.7 Å². The predicted molar refractivity (Wildman–Crippen MR) is 113 cm³/mol. The SMILES string of the molecule is Cc1ccc(N2CCN(C(=O)c3ccc(Oc4ccc(C(F)(F)F)cc4)cc3)CC2)nn1. The van der Waals surface area contributed by atoms with Gasteiger partial charge in [0.1, 0.15) is 11.5 Å². The van der Waals surface area contributed by atoms with Crippen molar-refractivity contribution >= 4 is 11.7 Å². The lowest BCUT2D eigenvalue weighted by Crippen LogP contribution is -2.49. The molecule has 1 fully saturated rings. The second kappa shape index (κ2) is 8.86. The molecule has 4 rings (SSSR count). The van der Waals surface area contributed by atoms with Gasteiger partial charge in [0.2, 0.25) is 0 Å². The van der Waals surface area contributed by atoms with Gasteiger partial charge in [0.15, 0.2) is 5.82 Å². The van der Waals surface area contributed by atoms with E-state index in [1.165, 1.54) is 12.1 Å². The lowest BCUT2D eigenvalue weighted by atomic mass is 10.1. The van der Waals surface area contributed by atoms with Gasteiger partial charge in [-0.15, -0.1) is 5.10 Å². The van der Waals surface area contributed by atoms with Crippen LogP contribution in [0.1, 0.15) is 21.6 Å². The Morgan fingerprint density at radius 1 is 0.844 bits per heavy atom. The normalized spacial score (nSPS) is 14.4. The van der Waals surface area contributed by atoms with E-state index in [4.69, 9.17) is 4.74 Å². The van der Waals surface area contributed by atoms with Gasteiger partial charge in [-0.1, -0.05) is 0 Å². The molecule has 1 amide bonds. The van der Waals surface area contributed by atoms with E-state index >= 15 is 0 Å². The Hall–Kier alpha value is -3.62. The summed E-state index contributed by atoms with van der Waals surface area (Å²) in [6, 6.07) is 14.9. The number of hydrogen-bond donors (Lipinski definition) is 0. The zero-order valence-corrected chi connectivity index (χ0v) is 17.3. The number of benzene rings is 2. The molecule has 166 valence electrons. The van der Waals surface area contributed by atoms with Crippen molar-refractivity contribution in [2.45, 2.75) is 13.1 Å². The van der Waals surface area contributed by atoms with Crippen LogP contribution in [-0.4, -0.2) is 47.2 Å². The van der Waals surface area contributed by atoms with Gasteiger partial charge in [0.05, 0.1) is 11.3 Å². The van der Waals surface area contributed by atoms with E-state index in [9.17, 15) is 18.0 Å². The third-order valence-corrected chi connectivity index (χ3v) is 5.19. The maximum atomic E-state index is 12.8. The fourth-order valence-corrected chi connectivity index (χ4v) is 3.40. The summed E-state index contributed by atoms with van der Waals surface area (Å²) in [5, 5.41) is 8.27. The fourth-order valence-electron chi connectivity index (χ4n) is 3.40. The Kier molecular flexibility index (Phi) is 5.98. The minimum atomic E-state index is -4.39. The summed E-state index contributed by atoms with van der Waals surface area (Å²) >= 11 is 0. The van der Waals surface area contributed by atoms with Gasteiger partial charge >= 0.3 is 6.18 Å². The van der Waals surface area contributed by atoms with Crippen LogP contribution < -0.4 is 9.64 Å². The summed E-state index contributed by atoms with van der Waals surface area (Å²) in [6.07, 6.45) is -4.39. The molecule has 1 aliphatic heterocycles. The molecule has 0 radical (unpaired) electrons. The molecule has 1 aliphatic rings. The second-order valence-electron chi connectivity index (χ2n) is 7.46. The quantitative estimate of drug-likeness (QED) is 0.593. The van der Waals surface area contributed by atoms with Crippen molar-refractivity contribution < 1.29 is 22.7 Å². The summed E-state index contributed by atoms with van der Waals surface area (Å²) in [5.74, 6) is 1.43. The predicted octanol–water partition coefficient (Wildman–Crippen LogP) is 4.56. The summed E-state index contributed by atoms with van der Waals surface area (Å²) in [5.41, 5.74) is 0.641. The highest BCUT2D eigenvalue weighted by Crippen LogP contribution is 2.31. The average Bonchev–Trinajstić information content (AvgIpc) is 2.80. The second-order valence-corrected chi connectivity index (χ2v) is 7.46. The molecule has 0 saturated carbocycles. The molecular formula is C23H21F3N4O2. The van der Waals surface area contributed by atoms with E-state index in [2.05, 4.69) is 15.1 Å². The van der Waals surface area contributed by atoms with Crippen LogP contribution in [0.25, 0.3) is 0 Å². The Balaban J connectivity index is 1.34. The number of ether oxygens (including phenoxy) is 1. The minimum absolute atomic E-state index is 0.0827. The number of carbonyl (C=O) groups excluding carboxylic acids is 1. The largest absolute Gasteiger partial charge is 0.457 e. The standard InChI is InChI=1S/C23H21F3N4O2/c1-16-2-11-21(28-27-16)29-12-14-30(15-13-29)22(31)17-3-7-19(8-4-17)32-20-9-5-18(6-10-20)23(24,25)26/h2-11H,12-15H2,1H3. The van der Waals surface area contributed by atoms with Crippen molar-refractivity contribution in [2.75, 3.05) is 31.1 Å². The summed E-state index contributed by atoms with van der Waals surface area (Å²) < 4.78 is 43.6. The number of alkyl halides is 3. The molecule has 9 heteroatoms. The molecule has 0 atom stereocenters. The van der Waals surface area contributed by atoms with Crippen molar-refractivity contribution in [2.24, 2.45) is 0 Å². The molecule has 0 unspecified atom stereocenters. The molecule has 6 nitrogen and oxygen atoms in total. The lowest BCUT2D eigenvalue weighted by molar-refractivity contribution is -0.137. The topological polar surface area (TPSA) is 58.6 Å². The van der Waals surface area contributed by atoms with Gasteiger partial charge in [-0.25, -0.2) is 0 Å². The molecule has 0 N–H and O–H groups in total. The summed E-state index contributed by atoms with van der Waals surface area (Å²) in [7, 11) is 0. The molecule has 2 heterocycles. The maximum absolute atomic E-state index is 12.8. The molecule has 32 heavy (non-hydrogen) atoms. The van der Waals surface area contributed by atoms with E-state index in [1.54, 1.807) is 29.2 Å². The maximum Gasteiger partial charge on any atom is 0.416 e. The number of aromatic nitrogens is 2. The number of rotatable bonds is 4. The van der Waals surface area contributed by atoms with Crippen LogP contribution in [0.2, 0.25) is 0 Å². The first-order valence-corrected chi connectivity index (χ1v) is 10.1. The van der Waals surface area contributed by atoms with Crippen LogP contribution in [0.4, 0.5) is 19.0 Å². The third kappa shape index (κ3) is 4.99. The molecule has 1 aromatic heterocycles. The van der Waals surface area contributed by atoms with Gasteiger partial charge in [-0.3, -0.25) is 4.79 Å².